The topological polar surface area (TPSA) is 43.6 Å². The molecule has 1 aromatic carbocycles. The summed E-state index contributed by atoms with van der Waals surface area (Å²) < 4.78 is 16.8. The van der Waals surface area contributed by atoms with Gasteiger partial charge in [-0.15, -0.1) is 0 Å². The Kier molecular flexibility index (Phi) is 5.04. The number of rotatable bonds is 7. The minimum atomic E-state index is 0.546. The van der Waals surface area contributed by atoms with Crippen molar-refractivity contribution in [3.8, 4) is 5.75 Å². The number of benzene rings is 1. The molecular formula is C16H23NO3. The molecule has 2 aromatic rings. The third-order valence-corrected chi connectivity index (χ3v) is 3.45. The van der Waals surface area contributed by atoms with Gasteiger partial charge in [0.05, 0.1) is 20.3 Å². The van der Waals surface area contributed by atoms with Gasteiger partial charge in [-0.1, -0.05) is 13.8 Å². The molecule has 0 aliphatic heterocycles. The van der Waals surface area contributed by atoms with Crippen LogP contribution in [-0.4, -0.2) is 20.8 Å². The predicted octanol–water partition coefficient (Wildman–Crippen LogP) is 3.26. The van der Waals surface area contributed by atoms with Gasteiger partial charge in [0.2, 0.25) is 0 Å². The second-order valence-corrected chi connectivity index (χ2v) is 4.75. The fourth-order valence-corrected chi connectivity index (χ4v) is 2.36. The molecule has 2 rings (SSSR count). The number of nitrogens with one attached hydrogen (secondary N) is 1. The SMILES string of the molecule is CCNCc1oc2c(OC)cc(CC)cc2c1COC. The summed E-state index contributed by atoms with van der Waals surface area (Å²) in [6.07, 6.45) is 0.965. The minimum Gasteiger partial charge on any atom is -0.493 e. The molecular weight excluding hydrogens is 254 g/mol. The smallest absolute Gasteiger partial charge is 0.176 e. The Labute approximate surface area is 120 Å². The van der Waals surface area contributed by atoms with E-state index in [2.05, 4.69) is 25.2 Å². The number of methoxy groups -OCH3 is 2. The molecule has 0 fully saturated rings. The molecule has 0 spiro atoms. The van der Waals surface area contributed by atoms with E-state index in [-0.39, 0.29) is 0 Å². The van der Waals surface area contributed by atoms with Crippen LogP contribution in [0.25, 0.3) is 11.0 Å². The highest BCUT2D eigenvalue weighted by atomic mass is 16.5. The second-order valence-electron chi connectivity index (χ2n) is 4.75. The van der Waals surface area contributed by atoms with Crippen molar-refractivity contribution in [3.05, 3.63) is 29.0 Å². The molecule has 4 heteroatoms. The van der Waals surface area contributed by atoms with Crippen LogP contribution in [0.15, 0.2) is 16.5 Å². The third-order valence-electron chi connectivity index (χ3n) is 3.45. The van der Waals surface area contributed by atoms with Crippen molar-refractivity contribution >= 4 is 11.0 Å². The zero-order chi connectivity index (χ0) is 14.5. The van der Waals surface area contributed by atoms with Gasteiger partial charge in [0.15, 0.2) is 11.3 Å². The fraction of sp³-hybridized carbons (Fsp3) is 0.500. The van der Waals surface area contributed by atoms with E-state index >= 15 is 0 Å². The Morgan fingerprint density at radius 1 is 1.20 bits per heavy atom. The molecule has 0 bridgehead atoms. The van der Waals surface area contributed by atoms with Crippen molar-refractivity contribution in [2.24, 2.45) is 0 Å². The van der Waals surface area contributed by atoms with Crippen molar-refractivity contribution in [3.63, 3.8) is 0 Å². The van der Waals surface area contributed by atoms with Crippen LogP contribution < -0.4 is 10.1 Å². The monoisotopic (exact) mass is 277 g/mol. The normalized spacial score (nSPS) is 11.2. The van der Waals surface area contributed by atoms with Crippen LogP contribution in [0, 0.1) is 0 Å². The quantitative estimate of drug-likeness (QED) is 0.843. The highest BCUT2D eigenvalue weighted by Crippen LogP contribution is 2.34. The van der Waals surface area contributed by atoms with Crippen LogP contribution >= 0.6 is 0 Å². The summed E-state index contributed by atoms with van der Waals surface area (Å²) >= 11 is 0. The maximum absolute atomic E-state index is 6.01. The van der Waals surface area contributed by atoms with Crippen LogP contribution in [0.5, 0.6) is 5.75 Å². The summed E-state index contributed by atoms with van der Waals surface area (Å²) in [6.45, 7) is 6.37. The van der Waals surface area contributed by atoms with Gasteiger partial charge in [-0.2, -0.15) is 0 Å². The maximum atomic E-state index is 6.01. The van der Waals surface area contributed by atoms with E-state index < -0.39 is 0 Å². The summed E-state index contributed by atoms with van der Waals surface area (Å²) in [5.74, 6) is 1.72. The number of ether oxygens (including phenoxy) is 2. The van der Waals surface area contributed by atoms with Gasteiger partial charge in [-0.05, 0) is 30.7 Å². The van der Waals surface area contributed by atoms with Crippen LogP contribution in [0.2, 0.25) is 0 Å². The molecule has 20 heavy (non-hydrogen) atoms. The molecule has 0 amide bonds. The first-order valence-corrected chi connectivity index (χ1v) is 7.05. The average Bonchev–Trinajstić information content (AvgIpc) is 2.82. The molecule has 110 valence electrons. The van der Waals surface area contributed by atoms with Crippen LogP contribution in [0.3, 0.4) is 0 Å². The molecule has 0 aliphatic carbocycles. The number of hydrogen-bond donors (Lipinski definition) is 1. The number of fused-ring (bicyclic) bond motifs is 1. The minimum absolute atomic E-state index is 0.546. The lowest BCUT2D eigenvalue weighted by atomic mass is 10.1. The van der Waals surface area contributed by atoms with E-state index in [1.807, 2.05) is 6.07 Å². The molecule has 1 heterocycles. The first-order chi connectivity index (χ1) is 9.74. The Morgan fingerprint density at radius 2 is 2.00 bits per heavy atom. The summed E-state index contributed by atoms with van der Waals surface area (Å²) in [5, 5.41) is 4.39. The molecule has 0 saturated heterocycles. The molecule has 0 aliphatic rings. The molecule has 0 saturated carbocycles. The Hall–Kier alpha value is -1.52. The molecule has 0 atom stereocenters. The zero-order valence-electron chi connectivity index (χ0n) is 12.7. The largest absolute Gasteiger partial charge is 0.493 e. The molecule has 1 aromatic heterocycles. The van der Waals surface area contributed by atoms with E-state index in [4.69, 9.17) is 13.9 Å². The summed E-state index contributed by atoms with van der Waals surface area (Å²) in [7, 11) is 3.38. The van der Waals surface area contributed by atoms with Gasteiger partial charge < -0.3 is 19.2 Å². The third kappa shape index (κ3) is 2.81. The molecule has 0 unspecified atom stereocenters. The number of aryl methyl sites for hydroxylation is 1. The van der Waals surface area contributed by atoms with Crippen LogP contribution in [0.4, 0.5) is 0 Å². The van der Waals surface area contributed by atoms with Gasteiger partial charge in [-0.3, -0.25) is 0 Å². The van der Waals surface area contributed by atoms with Crippen molar-refractivity contribution in [2.75, 3.05) is 20.8 Å². The molecule has 1 N–H and O–H groups in total. The Morgan fingerprint density at radius 3 is 2.60 bits per heavy atom. The fourth-order valence-electron chi connectivity index (χ4n) is 2.36. The van der Waals surface area contributed by atoms with E-state index in [1.165, 1.54) is 5.56 Å². The number of furan rings is 1. The van der Waals surface area contributed by atoms with Gasteiger partial charge >= 0.3 is 0 Å². The van der Waals surface area contributed by atoms with E-state index in [0.717, 1.165) is 41.0 Å². The Balaban J connectivity index is 2.59. The summed E-state index contributed by atoms with van der Waals surface area (Å²) in [5.41, 5.74) is 3.16. The standard InChI is InChI=1S/C16H23NO3/c1-5-11-7-12-13(10-18-3)15(9-17-6-2)20-16(12)14(8-11)19-4/h7-8,17H,5-6,9-10H2,1-4H3. The van der Waals surface area contributed by atoms with Crippen molar-refractivity contribution in [1.29, 1.82) is 0 Å². The van der Waals surface area contributed by atoms with Gasteiger partial charge in [-0.25, -0.2) is 0 Å². The lowest BCUT2D eigenvalue weighted by Crippen LogP contribution is -2.12. The average molecular weight is 277 g/mol. The van der Waals surface area contributed by atoms with E-state index in [1.54, 1.807) is 14.2 Å². The molecule has 4 nitrogen and oxygen atoms in total. The Bertz CT molecular complexity index is 575. The highest BCUT2D eigenvalue weighted by Gasteiger charge is 2.17. The lowest BCUT2D eigenvalue weighted by molar-refractivity contribution is 0.183. The van der Waals surface area contributed by atoms with E-state index in [9.17, 15) is 0 Å². The maximum Gasteiger partial charge on any atom is 0.176 e. The van der Waals surface area contributed by atoms with E-state index in [0.29, 0.717) is 13.2 Å². The van der Waals surface area contributed by atoms with Gasteiger partial charge in [0.25, 0.3) is 0 Å². The van der Waals surface area contributed by atoms with Crippen LogP contribution in [-0.2, 0) is 24.3 Å². The molecule has 0 radical (unpaired) electrons. The first kappa shape index (κ1) is 14.9. The van der Waals surface area contributed by atoms with Gasteiger partial charge in [0, 0.05) is 18.1 Å². The van der Waals surface area contributed by atoms with Crippen molar-refractivity contribution in [2.45, 2.75) is 33.4 Å². The van der Waals surface area contributed by atoms with Crippen molar-refractivity contribution < 1.29 is 13.9 Å². The summed E-state index contributed by atoms with van der Waals surface area (Å²) in [6, 6.07) is 4.21. The first-order valence-electron chi connectivity index (χ1n) is 7.05. The summed E-state index contributed by atoms with van der Waals surface area (Å²) in [4.78, 5) is 0. The highest BCUT2D eigenvalue weighted by molar-refractivity contribution is 5.88. The predicted molar refractivity (Wildman–Crippen MR) is 80.2 cm³/mol. The lowest BCUT2D eigenvalue weighted by Gasteiger charge is -2.05. The van der Waals surface area contributed by atoms with Crippen LogP contribution in [0.1, 0.15) is 30.7 Å². The second kappa shape index (κ2) is 6.77. The zero-order valence-corrected chi connectivity index (χ0v) is 12.7. The van der Waals surface area contributed by atoms with Gasteiger partial charge in [0.1, 0.15) is 5.76 Å². The number of hydrogen-bond acceptors (Lipinski definition) is 4. The van der Waals surface area contributed by atoms with Crippen molar-refractivity contribution in [1.82, 2.24) is 5.32 Å².